The number of ether oxygens (including phenoxy) is 1. The molecule has 2 aromatic rings. The summed E-state index contributed by atoms with van der Waals surface area (Å²) < 4.78 is 6.50. The summed E-state index contributed by atoms with van der Waals surface area (Å²) in [6, 6.07) is 7.55. The quantitative estimate of drug-likeness (QED) is 0.677. The zero-order chi connectivity index (χ0) is 16.1. The van der Waals surface area contributed by atoms with Gasteiger partial charge in [0, 0.05) is 17.8 Å². The number of carbonyl (C=O) groups excluding carboxylic acids is 1. The molecule has 0 fully saturated rings. The summed E-state index contributed by atoms with van der Waals surface area (Å²) in [5.41, 5.74) is 2.27. The molecule has 0 unspecified atom stereocenters. The van der Waals surface area contributed by atoms with E-state index in [4.69, 9.17) is 9.84 Å². The van der Waals surface area contributed by atoms with Crippen LogP contribution in [0.3, 0.4) is 0 Å². The van der Waals surface area contributed by atoms with Crippen LogP contribution in [-0.4, -0.2) is 33.4 Å². The van der Waals surface area contributed by atoms with E-state index in [0.29, 0.717) is 5.56 Å². The number of aromatic nitrogens is 2. The van der Waals surface area contributed by atoms with E-state index in [9.17, 15) is 9.59 Å². The van der Waals surface area contributed by atoms with Gasteiger partial charge in [0.25, 0.3) is 0 Å². The van der Waals surface area contributed by atoms with Crippen LogP contribution < -0.4 is 0 Å². The van der Waals surface area contributed by atoms with Gasteiger partial charge >= 0.3 is 11.9 Å². The minimum absolute atomic E-state index is 0.0857. The topological polar surface area (TPSA) is 81.4 Å². The molecule has 0 bridgehead atoms. The van der Waals surface area contributed by atoms with Crippen molar-refractivity contribution in [1.82, 2.24) is 9.78 Å². The Hall–Kier alpha value is -2.89. The normalized spacial score (nSPS) is 10.8. The zero-order valence-corrected chi connectivity index (χ0v) is 12.3. The maximum Gasteiger partial charge on any atom is 0.359 e. The fraction of sp³-hybridized carbons (Fsp3) is 0.188. The van der Waals surface area contributed by atoms with Gasteiger partial charge in [0.1, 0.15) is 0 Å². The van der Waals surface area contributed by atoms with Gasteiger partial charge in [-0.2, -0.15) is 5.10 Å². The molecular formula is C16H16N2O4. The van der Waals surface area contributed by atoms with Gasteiger partial charge in [0.2, 0.25) is 0 Å². The number of benzene rings is 1. The number of carbonyl (C=O) groups is 2. The lowest BCUT2D eigenvalue weighted by Gasteiger charge is -2.04. The zero-order valence-electron chi connectivity index (χ0n) is 12.3. The molecule has 0 aliphatic rings. The van der Waals surface area contributed by atoms with Gasteiger partial charge in [0.05, 0.1) is 12.3 Å². The minimum atomic E-state index is -1.10. The highest BCUT2D eigenvalue weighted by atomic mass is 16.5. The molecule has 0 aliphatic carbocycles. The highest BCUT2D eigenvalue weighted by molar-refractivity contribution is 5.93. The molecule has 22 heavy (non-hydrogen) atoms. The Kier molecular flexibility index (Phi) is 4.73. The molecule has 6 nitrogen and oxygen atoms in total. The second-order valence-corrected chi connectivity index (χ2v) is 4.56. The van der Waals surface area contributed by atoms with Crippen LogP contribution in [0, 0.1) is 6.92 Å². The molecule has 0 aliphatic heterocycles. The van der Waals surface area contributed by atoms with Crippen LogP contribution >= 0.6 is 0 Å². The first-order valence-corrected chi connectivity index (χ1v) is 6.76. The number of aryl methyl sites for hydroxylation is 1. The van der Waals surface area contributed by atoms with Crippen molar-refractivity contribution in [3.8, 4) is 5.69 Å². The Morgan fingerprint density at radius 2 is 2.09 bits per heavy atom. The summed E-state index contributed by atoms with van der Waals surface area (Å²) in [7, 11) is 0. The first kappa shape index (κ1) is 15.5. The van der Waals surface area contributed by atoms with Gasteiger partial charge in [-0.25, -0.2) is 14.3 Å². The molecule has 1 N–H and O–H groups in total. The van der Waals surface area contributed by atoms with Crippen molar-refractivity contribution in [3.63, 3.8) is 0 Å². The lowest BCUT2D eigenvalue weighted by atomic mass is 10.2. The molecule has 0 spiro atoms. The lowest BCUT2D eigenvalue weighted by Crippen LogP contribution is -2.08. The Balaban J connectivity index is 2.50. The van der Waals surface area contributed by atoms with E-state index in [1.54, 1.807) is 17.8 Å². The predicted octanol–water partition coefficient (Wildman–Crippen LogP) is 2.46. The SMILES string of the molecule is CCOC(=O)c1nn(-c2ccccc2C)cc1/C=C/C(=O)O. The Bertz CT molecular complexity index is 731. The summed E-state index contributed by atoms with van der Waals surface area (Å²) in [6.45, 7) is 3.84. The van der Waals surface area contributed by atoms with Crippen LogP contribution in [0.1, 0.15) is 28.5 Å². The van der Waals surface area contributed by atoms with E-state index < -0.39 is 11.9 Å². The maximum atomic E-state index is 12.0. The molecule has 0 atom stereocenters. The average molecular weight is 300 g/mol. The molecule has 114 valence electrons. The van der Waals surface area contributed by atoms with Gasteiger partial charge in [0.15, 0.2) is 5.69 Å². The van der Waals surface area contributed by atoms with Crippen molar-refractivity contribution < 1.29 is 19.4 Å². The van der Waals surface area contributed by atoms with Gasteiger partial charge in [-0.3, -0.25) is 0 Å². The van der Waals surface area contributed by atoms with Gasteiger partial charge in [-0.15, -0.1) is 0 Å². The van der Waals surface area contributed by atoms with Crippen LogP contribution in [0.4, 0.5) is 0 Å². The highest BCUT2D eigenvalue weighted by Crippen LogP contribution is 2.17. The number of rotatable bonds is 5. The van der Waals surface area contributed by atoms with Gasteiger partial charge < -0.3 is 9.84 Å². The molecule has 1 aromatic heterocycles. The van der Waals surface area contributed by atoms with E-state index in [2.05, 4.69) is 5.10 Å². The van der Waals surface area contributed by atoms with Crippen molar-refractivity contribution in [2.24, 2.45) is 0 Å². The number of hydrogen-bond donors (Lipinski definition) is 1. The molecule has 2 rings (SSSR count). The summed E-state index contributed by atoms with van der Waals surface area (Å²) in [4.78, 5) is 22.6. The second-order valence-electron chi connectivity index (χ2n) is 4.56. The monoisotopic (exact) mass is 300 g/mol. The Morgan fingerprint density at radius 1 is 1.36 bits per heavy atom. The third-order valence-electron chi connectivity index (χ3n) is 2.98. The molecule has 0 saturated heterocycles. The largest absolute Gasteiger partial charge is 0.478 e. The van der Waals surface area contributed by atoms with Crippen LogP contribution in [0.15, 0.2) is 36.5 Å². The highest BCUT2D eigenvalue weighted by Gasteiger charge is 2.17. The molecule has 0 amide bonds. The fourth-order valence-corrected chi connectivity index (χ4v) is 1.97. The van der Waals surface area contributed by atoms with Crippen LogP contribution in [0.2, 0.25) is 0 Å². The number of hydrogen-bond acceptors (Lipinski definition) is 4. The summed E-state index contributed by atoms with van der Waals surface area (Å²) >= 11 is 0. The van der Waals surface area contributed by atoms with Crippen LogP contribution in [-0.2, 0) is 9.53 Å². The van der Waals surface area contributed by atoms with Crippen molar-refractivity contribution in [1.29, 1.82) is 0 Å². The standard InChI is InChI=1S/C16H16N2O4/c1-3-22-16(21)15-12(8-9-14(19)20)10-18(17-15)13-7-5-4-6-11(13)2/h4-10H,3H2,1-2H3,(H,19,20)/b9-8+. The first-order chi connectivity index (χ1) is 10.5. The average Bonchev–Trinajstić information content (AvgIpc) is 2.90. The molecule has 6 heteroatoms. The van der Waals surface area contributed by atoms with Crippen molar-refractivity contribution in [2.75, 3.05) is 6.61 Å². The molecular weight excluding hydrogens is 284 g/mol. The van der Waals surface area contributed by atoms with Crippen molar-refractivity contribution >= 4 is 18.0 Å². The van der Waals surface area contributed by atoms with E-state index in [-0.39, 0.29) is 12.3 Å². The van der Waals surface area contributed by atoms with Crippen molar-refractivity contribution in [3.05, 3.63) is 53.4 Å². The summed E-state index contributed by atoms with van der Waals surface area (Å²) in [5.74, 6) is -1.68. The number of carboxylic acids is 1. The van der Waals surface area contributed by atoms with E-state index in [1.807, 2.05) is 31.2 Å². The third-order valence-corrected chi connectivity index (χ3v) is 2.98. The molecule has 1 heterocycles. The lowest BCUT2D eigenvalue weighted by molar-refractivity contribution is -0.131. The van der Waals surface area contributed by atoms with Gasteiger partial charge in [-0.05, 0) is 31.6 Å². The number of para-hydroxylation sites is 1. The number of nitrogens with zero attached hydrogens (tertiary/aromatic N) is 2. The minimum Gasteiger partial charge on any atom is -0.478 e. The van der Waals surface area contributed by atoms with E-state index in [1.165, 1.54) is 6.08 Å². The maximum absolute atomic E-state index is 12.0. The Labute approximate surface area is 127 Å². The van der Waals surface area contributed by atoms with Crippen molar-refractivity contribution in [2.45, 2.75) is 13.8 Å². The fourth-order valence-electron chi connectivity index (χ4n) is 1.97. The number of carboxylic acid groups (broad SMARTS) is 1. The van der Waals surface area contributed by atoms with E-state index in [0.717, 1.165) is 17.3 Å². The smallest absolute Gasteiger partial charge is 0.359 e. The predicted molar refractivity (Wildman–Crippen MR) is 80.9 cm³/mol. The molecule has 0 saturated carbocycles. The van der Waals surface area contributed by atoms with Crippen LogP contribution in [0.25, 0.3) is 11.8 Å². The number of esters is 1. The summed E-state index contributed by atoms with van der Waals surface area (Å²) in [6.07, 6.45) is 3.90. The Morgan fingerprint density at radius 3 is 2.73 bits per heavy atom. The first-order valence-electron chi connectivity index (χ1n) is 6.76. The summed E-state index contributed by atoms with van der Waals surface area (Å²) in [5, 5.41) is 13.0. The number of aliphatic carboxylic acids is 1. The van der Waals surface area contributed by atoms with E-state index >= 15 is 0 Å². The van der Waals surface area contributed by atoms with Crippen LogP contribution in [0.5, 0.6) is 0 Å². The molecule has 1 aromatic carbocycles. The molecule has 0 radical (unpaired) electrons. The third kappa shape index (κ3) is 3.41. The van der Waals surface area contributed by atoms with Gasteiger partial charge in [-0.1, -0.05) is 18.2 Å². The second kappa shape index (κ2) is 6.71.